The lowest BCUT2D eigenvalue weighted by Gasteiger charge is -2.32. The molecule has 5 nitrogen and oxygen atoms in total. The molecule has 1 heterocycles. The van der Waals surface area contributed by atoms with Crippen molar-refractivity contribution >= 4 is 11.9 Å². The van der Waals surface area contributed by atoms with Crippen molar-refractivity contribution in [1.29, 1.82) is 0 Å². The predicted octanol–water partition coefficient (Wildman–Crippen LogP) is 1.07. The summed E-state index contributed by atoms with van der Waals surface area (Å²) in [7, 11) is 0. The average Bonchev–Trinajstić information content (AvgIpc) is 2.83. The molecular formula is C14H24N2O3. The maximum Gasteiger partial charge on any atom is 0.326 e. The van der Waals surface area contributed by atoms with Crippen LogP contribution in [0.5, 0.6) is 0 Å². The predicted molar refractivity (Wildman–Crippen MR) is 71.4 cm³/mol. The summed E-state index contributed by atoms with van der Waals surface area (Å²) in [5.74, 6) is -0.635. The van der Waals surface area contributed by atoms with Gasteiger partial charge in [0.05, 0.1) is 6.04 Å². The number of fused-ring (bicyclic) bond motifs is 1. The van der Waals surface area contributed by atoms with Crippen LogP contribution in [0.3, 0.4) is 0 Å². The number of aliphatic carboxylic acids is 1. The number of likely N-dealkylation sites (tertiary alicyclic amines) is 1. The molecule has 0 aromatic carbocycles. The molecule has 0 radical (unpaired) electrons. The van der Waals surface area contributed by atoms with E-state index in [1.807, 2.05) is 20.8 Å². The first kappa shape index (κ1) is 14.3. The van der Waals surface area contributed by atoms with Gasteiger partial charge >= 0.3 is 5.97 Å². The second-order valence-corrected chi connectivity index (χ2v) is 6.97. The minimum absolute atomic E-state index is 0.119. The Labute approximate surface area is 114 Å². The molecule has 0 spiro atoms. The second-order valence-electron chi connectivity index (χ2n) is 6.97. The molecular weight excluding hydrogens is 244 g/mol. The van der Waals surface area contributed by atoms with Crippen LogP contribution >= 0.6 is 0 Å². The number of carboxylic acids is 1. The number of nitrogens with two attached hydrogens (primary N) is 1. The maximum atomic E-state index is 12.5. The van der Waals surface area contributed by atoms with E-state index in [1.54, 1.807) is 0 Å². The van der Waals surface area contributed by atoms with Gasteiger partial charge in [0, 0.05) is 6.54 Å². The van der Waals surface area contributed by atoms with E-state index in [9.17, 15) is 14.7 Å². The van der Waals surface area contributed by atoms with Gasteiger partial charge in [-0.3, -0.25) is 4.79 Å². The highest BCUT2D eigenvalue weighted by molar-refractivity contribution is 5.88. The Morgan fingerprint density at radius 2 is 1.95 bits per heavy atom. The van der Waals surface area contributed by atoms with E-state index in [-0.39, 0.29) is 17.2 Å². The number of rotatable bonds is 2. The number of hydrogen-bond donors (Lipinski definition) is 2. The molecule has 3 N–H and O–H groups in total. The highest BCUT2D eigenvalue weighted by Crippen LogP contribution is 2.42. The Bertz CT molecular complexity index is 389. The van der Waals surface area contributed by atoms with Crippen molar-refractivity contribution in [2.45, 2.75) is 52.1 Å². The summed E-state index contributed by atoms with van der Waals surface area (Å²) in [6, 6.07) is -1.32. The van der Waals surface area contributed by atoms with E-state index in [1.165, 1.54) is 4.90 Å². The van der Waals surface area contributed by atoms with Crippen molar-refractivity contribution in [2.75, 3.05) is 6.54 Å². The van der Waals surface area contributed by atoms with E-state index in [4.69, 9.17) is 5.73 Å². The van der Waals surface area contributed by atoms with Gasteiger partial charge in [-0.05, 0) is 30.1 Å². The molecule has 2 unspecified atom stereocenters. The van der Waals surface area contributed by atoms with Crippen LogP contribution in [0.2, 0.25) is 0 Å². The standard InChI is InChI=1S/C14H24N2O3/c1-14(2,3)11(15)12(17)16-7-8-5-4-6-9(8)10(16)13(18)19/h8-11H,4-7,15H2,1-3H3,(H,18,19)/t8?,9?,10-,11+/m0/s1. The van der Waals surface area contributed by atoms with E-state index in [2.05, 4.69) is 0 Å². The molecule has 4 atom stereocenters. The Kier molecular flexibility index (Phi) is 3.60. The molecule has 1 amide bonds. The Balaban J connectivity index is 2.19. The molecule has 2 fully saturated rings. The monoisotopic (exact) mass is 268 g/mol. The Morgan fingerprint density at radius 1 is 1.32 bits per heavy atom. The van der Waals surface area contributed by atoms with E-state index in [0.29, 0.717) is 12.5 Å². The SMILES string of the molecule is CC(C)(C)[C@H](N)C(=O)N1CC2CCCC2[C@H]1C(=O)O. The number of carbonyl (C=O) groups is 2. The van der Waals surface area contributed by atoms with Crippen LogP contribution in [-0.2, 0) is 9.59 Å². The molecule has 1 aliphatic carbocycles. The van der Waals surface area contributed by atoms with E-state index in [0.717, 1.165) is 19.3 Å². The van der Waals surface area contributed by atoms with E-state index >= 15 is 0 Å². The first-order valence-corrected chi connectivity index (χ1v) is 7.02. The van der Waals surface area contributed by atoms with Crippen molar-refractivity contribution in [3.8, 4) is 0 Å². The zero-order valence-corrected chi connectivity index (χ0v) is 11.9. The lowest BCUT2D eigenvalue weighted by Crippen LogP contribution is -2.54. The van der Waals surface area contributed by atoms with Crippen molar-refractivity contribution in [2.24, 2.45) is 23.0 Å². The fraction of sp³-hybridized carbons (Fsp3) is 0.857. The van der Waals surface area contributed by atoms with Crippen LogP contribution in [0, 0.1) is 17.3 Å². The fourth-order valence-corrected chi connectivity index (χ4v) is 3.40. The maximum absolute atomic E-state index is 12.5. The molecule has 2 aliphatic rings. The average molecular weight is 268 g/mol. The van der Waals surface area contributed by atoms with Crippen molar-refractivity contribution in [3.63, 3.8) is 0 Å². The van der Waals surface area contributed by atoms with Gasteiger partial charge in [-0.1, -0.05) is 27.2 Å². The van der Waals surface area contributed by atoms with Crippen LogP contribution in [0.25, 0.3) is 0 Å². The van der Waals surface area contributed by atoms with Crippen LogP contribution in [0.15, 0.2) is 0 Å². The van der Waals surface area contributed by atoms with Gasteiger partial charge in [0.2, 0.25) is 5.91 Å². The lowest BCUT2D eigenvalue weighted by atomic mass is 9.86. The first-order chi connectivity index (χ1) is 8.73. The molecule has 0 aromatic rings. The summed E-state index contributed by atoms with van der Waals surface area (Å²) in [4.78, 5) is 25.5. The molecule has 1 aliphatic heterocycles. The third-order valence-electron chi connectivity index (χ3n) is 4.63. The highest BCUT2D eigenvalue weighted by atomic mass is 16.4. The van der Waals surface area contributed by atoms with Gasteiger partial charge in [0.1, 0.15) is 6.04 Å². The summed E-state index contributed by atoms with van der Waals surface area (Å²) in [5, 5.41) is 9.43. The second kappa shape index (κ2) is 4.78. The number of amides is 1. The van der Waals surface area contributed by atoms with Gasteiger partial charge in [-0.25, -0.2) is 4.79 Å². The van der Waals surface area contributed by atoms with Crippen LogP contribution in [0.1, 0.15) is 40.0 Å². The fourth-order valence-electron chi connectivity index (χ4n) is 3.40. The minimum Gasteiger partial charge on any atom is -0.480 e. The molecule has 0 aromatic heterocycles. The van der Waals surface area contributed by atoms with Gasteiger partial charge in [0.25, 0.3) is 0 Å². The van der Waals surface area contributed by atoms with Gasteiger partial charge in [-0.2, -0.15) is 0 Å². The summed E-state index contributed by atoms with van der Waals surface area (Å²) >= 11 is 0. The third kappa shape index (κ3) is 2.48. The summed E-state index contributed by atoms with van der Waals surface area (Å²) < 4.78 is 0. The van der Waals surface area contributed by atoms with Gasteiger partial charge in [-0.15, -0.1) is 0 Å². The largest absolute Gasteiger partial charge is 0.480 e. The first-order valence-electron chi connectivity index (χ1n) is 7.02. The lowest BCUT2D eigenvalue weighted by molar-refractivity contribution is -0.151. The Morgan fingerprint density at radius 3 is 2.47 bits per heavy atom. The quantitative estimate of drug-likeness (QED) is 0.784. The smallest absolute Gasteiger partial charge is 0.326 e. The summed E-state index contributed by atoms with van der Waals surface area (Å²) in [6.07, 6.45) is 3.02. The number of carboxylic acid groups (broad SMARTS) is 1. The highest BCUT2D eigenvalue weighted by Gasteiger charge is 2.50. The molecule has 2 rings (SSSR count). The van der Waals surface area contributed by atoms with Crippen molar-refractivity contribution in [3.05, 3.63) is 0 Å². The van der Waals surface area contributed by atoms with E-state index < -0.39 is 18.1 Å². The van der Waals surface area contributed by atoms with Crippen LogP contribution in [0.4, 0.5) is 0 Å². The number of carbonyl (C=O) groups excluding carboxylic acids is 1. The third-order valence-corrected chi connectivity index (χ3v) is 4.63. The summed E-state index contributed by atoms with van der Waals surface area (Å²) in [5.41, 5.74) is 5.65. The minimum atomic E-state index is -0.885. The zero-order valence-electron chi connectivity index (χ0n) is 11.9. The number of hydrogen-bond acceptors (Lipinski definition) is 3. The van der Waals surface area contributed by atoms with Crippen LogP contribution < -0.4 is 5.73 Å². The molecule has 19 heavy (non-hydrogen) atoms. The molecule has 0 bridgehead atoms. The Hall–Kier alpha value is -1.10. The van der Waals surface area contributed by atoms with Crippen molar-refractivity contribution < 1.29 is 14.7 Å². The summed E-state index contributed by atoms with van der Waals surface area (Å²) in [6.45, 7) is 6.27. The molecule has 5 heteroatoms. The molecule has 1 saturated heterocycles. The van der Waals surface area contributed by atoms with Gasteiger partial charge < -0.3 is 15.7 Å². The zero-order chi connectivity index (χ0) is 14.4. The van der Waals surface area contributed by atoms with Crippen molar-refractivity contribution in [1.82, 2.24) is 4.90 Å². The van der Waals surface area contributed by atoms with Gasteiger partial charge in [0.15, 0.2) is 0 Å². The molecule has 1 saturated carbocycles. The molecule has 108 valence electrons. The normalized spacial score (nSPS) is 32.2. The topological polar surface area (TPSA) is 83.6 Å². The number of nitrogens with zero attached hydrogens (tertiary/aromatic N) is 1. The van der Waals surface area contributed by atoms with Crippen LogP contribution in [-0.4, -0.2) is 40.5 Å².